The molecule has 0 aromatic heterocycles. The van der Waals surface area contributed by atoms with Gasteiger partial charge in [-0.15, -0.1) is 0 Å². The maximum absolute atomic E-state index is 11.4. The Kier molecular flexibility index (Phi) is 3.99. The van der Waals surface area contributed by atoms with Crippen molar-refractivity contribution in [2.45, 2.75) is 25.9 Å². The average Bonchev–Trinajstić information content (AvgIpc) is 2.74. The highest BCUT2D eigenvalue weighted by Crippen LogP contribution is 2.23. The van der Waals surface area contributed by atoms with Gasteiger partial charge in [0.05, 0.1) is 7.11 Å². The van der Waals surface area contributed by atoms with Crippen LogP contribution in [0.25, 0.3) is 0 Å². The van der Waals surface area contributed by atoms with Gasteiger partial charge in [-0.2, -0.15) is 0 Å². The highest BCUT2D eigenvalue weighted by molar-refractivity contribution is 5.94. The first-order valence-corrected chi connectivity index (χ1v) is 6.26. The highest BCUT2D eigenvalue weighted by atomic mass is 16.5. The first-order valence-electron chi connectivity index (χ1n) is 6.26. The molecule has 4 nitrogen and oxygen atoms in total. The van der Waals surface area contributed by atoms with Gasteiger partial charge in [0, 0.05) is 36.8 Å². The fraction of sp³-hybridized carbons (Fsp3) is 0.500. The number of ether oxygens (including phenoxy) is 1. The number of rotatable bonds is 4. The van der Waals surface area contributed by atoms with Gasteiger partial charge >= 0.3 is 0 Å². The second kappa shape index (κ2) is 5.50. The van der Waals surface area contributed by atoms with E-state index in [1.807, 2.05) is 12.1 Å². The van der Waals surface area contributed by atoms with Gasteiger partial charge in [-0.25, -0.2) is 0 Å². The number of benzene rings is 1. The van der Waals surface area contributed by atoms with Crippen molar-refractivity contribution in [2.24, 2.45) is 5.73 Å². The molecule has 0 saturated carbocycles. The standard InChI is InChI=1S/C14H20N2O2/c1-10(17)11-3-4-14(18-2)12(7-11)8-16-6-5-13(15)9-16/h3-4,7,13H,5-6,8-9,15H2,1-2H3/t13-/m1/s1. The number of carbonyl (C=O) groups excluding carboxylic acids is 1. The number of methoxy groups -OCH3 is 1. The van der Waals surface area contributed by atoms with Crippen molar-refractivity contribution in [2.75, 3.05) is 20.2 Å². The van der Waals surface area contributed by atoms with E-state index in [1.54, 1.807) is 20.1 Å². The number of hydrogen-bond donors (Lipinski definition) is 1. The largest absolute Gasteiger partial charge is 0.496 e. The number of carbonyl (C=O) groups is 1. The molecule has 1 aromatic rings. The number of nitrogens with two attached hydrogens (primary N) is 1. The maximum Gasteiger partial charge on any atom is 0.159 e. The summed E-state index contributed by atoms with van der Waals surface area (Å²) in [5.74, 6) is 0.914. The summed E-state index contributed by atoms with van der Waals surface area (Å²) in [4.78, 5) is 13.7. The lowest BCUT2D eigenvalue weighted by Crippen LogP contribution is -2.26. The Morgan fingerprint density at radius 2 is 2.33 bits per heavy atom. The first-order chi connectivity index (χ1) is 8.60. The lowest BCUT2D eigenvalue weighted by molar-refractivity contribution is 0.101. The van der Waals surface area contributed by atoms with Crippen LogP contribution in [0.5, 0.6) is 5.75 Å². The molecule has 0 amide bonds. The Labute approximate surface area is 108 Å². The SMILES string of the molecule is COc1ccc(C(C)=O)cc1CN1CC[C@@H](N)C1. The summed E-state index contributed by atoms with van der Waals surface area (Å²) in [5.41, 5.74) is 7.69. The van der Waals surface area contributed by atoms with Crippen molar-refractivity contribution < 1.29 is 9.53 Å². The molecule has 0 radical (unpaired) electrons. The molecule has 0 aliphatic carbocycles. The molecule has 2 N–H and O–H groups in total. The minimum Gasteiger partial charge on any atom is -0.496 e. The van der Waals surface area contributed by atoms with Gasteiger partial charge in [0.25, 0.3) is 0 Å². The summed E-state index contributed by atoms with van der Waals surface area (Å²) < 4.78 is 5.35. The number of likely N-dealkylation sites (tertiary alicyclic amines) is 1. The molecule has 18 heavy (non-hydrogen) atoms. The molecule has 1 fully saturated rings. The number of ketones is 1. The third-order valence-electron chi connectivity index (χ3n) is 3.39. The predicted octanol–water partition coefficient (Wildman–Crippen LogP) is 1.43. The van der Waals surface area contributed by atoms with Gasteiger partial charge < -0.3 is 10.5 Å². The fourth-order valence-electron chi connectivity index (χ4n) is 2.37. The van der Waals surface area contributed by atoms with Crippen molar-refractivity contribution in [3.05, 3.63) is 29.3 Å². The van der Waals surface area contributed by atoms with E-state index in [-0.39, 0.29) is 11.8 Å². The van der Waals surface area contributed by atoms with Gasteiger partial charge in [-0.1, -0.05) is 0 Å². The molecule has 0 bridgehead atoms. The smallest absolute Gasteiger partial charge is 0.159 e. The third kappa shape index (κ3) is 2.89. The van der Waals surface area contributed by atoms with E-state index >= 15 is 0 Å². The normalized spacial score (nSPS) is 20.1. The van der Waals surface area contributed by atoms with E-state index in [4.69, 9.17) is 10.5 Å². The monoisotopic (exact) mass is 248 g/mol. The lowest BCUT2D eigenvalue weighted by atomic mass is 10.1. The first kappa shape index (κ1) is 13.1. The van der Waals surface area contributed by atoms with E-state index < -0.39 is 0 Å². The zero-order valence-electron chi connectivity index (χ0n) is 11.0. The minimum atomic E-state index is 0.0806. The summed E-state index contributed by atoms with van der Waals surface area (Å²) in [5, 5.41) is 0. The Hall–Kier alpha value is -1.39. The van der Waals surface area contributed by atoms with Crippen molar-refractivity contribution in [3.63, 3.8) is 0 Å². The van der Waals surface area contributed by atoms with Crippen LogP contribution >= 0.6 is 0 Å². The molecule has 1 aliphatic rings. The second-order valence-electron chi connectivity index (χ2n) is 4.87. The van der Waals surface area contributed by atoms with Crippen LogP contribution in [0.4, 0.5) is 0 Å². The van der Waals surface area contributed by atoms with Crippen molar-refractivity contribution >= 4 is 5.78 Å². The zero-order chi connectivity index (χ0) is 13.1. The summed E-state index contributed by atoms with van der Waals surface area (Å²) in [6.45, 7) is 4.29. The van der Waals surface area contributed by atoms with Crippen LogP contribution in [-0.2, 0) is 6.54 Å². The molecule has 98 valence electrons. The van der Waals surface area contributed by atoms with Crippen LogP contribution in [-0.4, -0.2) is 36.9 Å². The van der Waals surface area contributed by atoms with Crippen molar-refractivity contribution in [1.29, 1.82) is 0 Å². The van der Waals surface area contributed by atoms with Crippen LogP contribution in [0.1, 0.15) is 29.3 Å². The summed E-state index contributed by atoms with van der Waals surface area (Å²) in [6.07, 6.45) is 1.04. The van der Waals surface area contributed by atoms with Crippen LogP contribution in [0, 0.1) is 0 Å². The number of Topliss-reactive ketones (excluding diaryl/α,β-unsaturated/α-hetero) is 1. The zero-order valence-corrected chi connectivity index (χ0v) is 11.0. The molecular formula is C14H20N2O2. The predicted molar refractivity (Wildman–Crippen MR) is 70.9 cm³/mol. The van der Waals surface area contributed by atoms with Gasteiger partial charge in [0.15, 0.2) is 5.78 Å². The van der Waals surface area contributed by atoms with Gasteiger partial charge in [-0.05, 0) is 31.5 Å². The molecular weight excluding hydrogens is 228 g/mol. The van der Waals surface area contributed by atoms with Crippen molar-refractivity contribution in [1.82, 2.24) is 4.90 Å². The molecule has 2 rings (SSSR count). The van der Waals surface area contributed by atoms with E-state index in [0.29, 0.717) is 0 Å². The lowest BCUT2D eigenvalue weighted by Gasteiger charge is -2.17. The van der Waals surface area contributed by atoms with Crippen LogP contribution < -0.4 is 10.5 Å². The molecule has 1 heterocycles. The summed E-state index contributed by atoms with van der Waals surface area (Å²) in [6, 6.07) is 5.86. The van der Waals surface area contributed by atoms with Crippen LogP contribution in [0.2, 0.25) is 0 Å². The van der Waals surface area contributed by atoms with Gasteiger partial charge in [0.1, 0.15) is 5.75 Å². The van der Waals surface area contributed by atoms with Gasteiger partial charge in [-0.3, -0.25) is 9.69 Å². The Balaban J connectivity index is 2.18. The second-order valence-corrected chi connectivity index (χ2v) is 4.87. The maximum atomic E-state index is 11.4. The molecule has 0 spiro atoms. The van der Waals surface area contributed by atoms with Crippen molar-refractivity contribution in [3.8, 4) is 5.75 Å². The summed E-state index contributed by atoms with van der Waals surface area (Å²) >= 11 is 0. The van der Waals surface area contributed by atoms with Gasteiger partial charge in [0.2, 0.25) is 0 Å². The Bertz CT molecular complexity index is 445. The van der Waals surface area contributed by atoms with E-state index in [0.717, 1.165) is 42.9 Å². The topological polar surface area (TPSA) is 55.6 Å². The average molecular weight is 248 g/mol. The Morgan fingerprint density at radius 3 is 2.89 bits per heavy atom. The Morgan fingerprint density at radius 1 is 1.56 bits per heavy atom. The molecule has 1 aromatic carbocycles. The molecule has 4 heteroatoms. The fourth-order valence-corrected chi connectivity index (χ4v) is 2.37. The van der Waals surface area contributed by atoms with E-state index in [9.17, 15) is 4.79 Å². The van der Waals surface area contributed by atoms with E-state index in [1.165, 1.54) is 0 Å². The molecule has 0 unspecified atom stereocenters. The summed E-state index contributed by atoms with van der Waals surface area (Å²) in [7, 11) is 1.65. The molecule has 1 saturated heterocycles. The molecule has 1 aliphatic heterocycles. The number of nitrogens with zero attached hydrogens (tertiary/aromatic N) is 1. The highest BCUT2D eigenvalue weighted by Gasteiger charge is 2.20. The van der Waals surface area contributed by atoms with Crippen LogP contribution in [0.15, 0.2) is 18.2 Å². The van der Waals surface area contributed by atoms with Crippen LogP contribution in [0.3, 0.4) is 0 Å². The quantitative estimate of drug-likeness (QED) is 0.819. The number of hydrogen-bond acceptors (Lipinski definition) is 4. The minimum absolute atomic E-state index is 0.0806. The van der Waals surface area contributed by atoms with E-state index in [2.05, 4.69) is 4.90 Å². The third-order valence-corrected chi connectivity index (χ3v) is 3.39. The molecule has 1 atom stereocenters.